The number of benzene rings is 1. The molecule has 4 nitrogen and oxygen atoms in total. The normalized spacial score (nSPS) is 10.7. The van der Waals surface area contributed by atoms with Gasteiger partial charge in [-0.3, -0.25) is 4.79 Å². The summed E-state index contributed by atoms with van der Waals surface area (Å²) in [6.07, 6.45) is 0.261. The number of hydrogen-bond donors (Lipinski definition) is 1. The lowest BCUT2D eigenvalue weighted by atomic mass is 10.1. The highest BCUT2D eigenvalue weighted by molar-refractivity contribution is 5.73. The Labute approximate surface area is 114 Å². The Morgan fingerprint density at radius 2 is 1.89 bits per heavy atom. The number of hydrogen-bond acceptors (Lipinski definition) is 4. The molecule has 0 aliphatic heterocycles. The van der Waals surface area contributed by atoms with E-state index >= 15 is 0 Å². The summed E-state index contributed by atoms with van der Waals surface area (Å²) in [6.45, 7) is 6.03. The van der Waals surface area contributed by atoms with Crippen LogP contribution in [-0.4, -0.2) is 25.8 Å². The summed E-state index contributed by atoms with van der Waals surface area (Å²) in [6, 6.07) is 7.64. The van der Waals surface area contributed by atoms with Crippen molar-refractivity contribution in [2.75, 3.05) is 19.8 Å². The standard InChI is InChI=1S/C15H23NO3/c1-12(2)11-18-7-8-19-15(17)9-13-5-3-4-6-14(13)10-16/h3-6,12H,7-11,16H2,1-2H3. The van der Waals surface area contributed by atoms with Crippen LogP contribution in [0.2, 0.25) is 0 Å². The summed E-state index contributed by atoms with van der Waals surface area (Å²) in [5, 5.41) is 0. The van der Waals surface area contributed by atoms with Crippen LogP contribution < -0.4 is 5.73 Å². The van der Waals surface area contributed by atoms with Crippen LogP contribution in [0.4, 0.5) is 0 Å². The fraction of sp³-hybridized carbons (Fsp3) is 0.533. The van der Waals surface area contributed by atoms with Crippen LogP contribution in [-0.2, 0) is 27.2 Å². The van der Waals surface area contributed by atoms with Crippen molar-refractivity contribution >= 4 is 5.97 Å². The second-order valence-electron chi connectivity index (χ2n) is 4.84. The van der Waals surface area contributed by atoms with E-state index in [4.69, 9.17) is 15.2 Å². The summed E-state index contributed by atoms with van der Waals surface area (Å²) in [4.78, 5) is 11.7. The number of nitrogens with two attached hydrogens (primary N) is 1. The lowest BCUT2D eigenvalue weighted by Crippen LogP contribution is -2.15. The third kappa shape index (κ3) is 6.36. The maximum atomic E-state index is 11.7. The van der Waals surface area contributed by atoms with Gasteiger partial charge in [0.25, 0.3) is 0 Å². The lowest BCUT2D eigenvalue weighted by molar-refractivity contribution is -0.144. The lowest BCUT2D eigenvalue weighted by Gasteiger charge is -2.09. The van der Waals surface area contributed by atoms with Crippen LogP contribution in [0.1, 0.15) is 25.0 Å². The molecule has 0 heterocycles. The Morgan fingerprint density at radius 3 is 2.53 bits per heavy atom. The molecule has 0 atom stereocenters. The maximum absolute atomic E-state index is 11.7. The monoisotopic (exact) mass is 265 g/mol. The summed E-state index contributed by atoms with van der Waals surface area (Å²) in [5.74, 6) is 0.251. The molecule has 0 fully saturated rings. The second-order valence-corrected chi connectivity index (χ2v) is 4.84. The van der Waals surface area contributed by atoms with E-state index in [1.165, 1.54) is 0 Å². The number of rotatable bonds is 8. The first kappa shape index (κ1) is 15.7. The van der Waals surface area contributed by atoms with E-state index < -0.39 is 0 Å². The fourth-order valence-corrected chi connectivity index (χ4v) is 1.67. The van der Waals surface area contributed by atoms with Crippen LogP contribution in [0.15, 0.2) is 24.3 Å². The molecular formula is C15H23NO3. The predicted molar refractivity (Wildman–Crippen MR) is 74.7 cm³/mol. The molecule has 0 saturated heterocycles. The molecule has 0 aliphatic rings. The molecule has 0 saturated carbocycles. The van der Waals surface area contributed by atoms with Crippen LogP contribution in [0.25, 0.3) is 0 Å². The summed E-state index contributed by atoms with van der Waals surface area (Å²) in [5.41, 5.74) is 7.53. The minimum absolute atomic E-state index is 0.242. The minimum atomic E-state index is -0.242. The molecule has 106 valence electrons. The van der Waals surface area contributed by atoms with Gasteiger partial charge in [-0.05, 0) is 17.0 Å². The van der Waals surface area contributed by atoms with Crippen molar-refractivity contribution in [2.45, 2.75) is 26.8 Å². The summed E-state index contributed by atoms with van der Waals surface area (Å²) >= 11 is 0. The predicted octanol–water partition coefficient (Wildman–Crippen LogP) is 1.90. The number of ether oxygens (including phenoxy) is 2. The van der Waals surface area contributed by atoms with Crippen molar-refractivity contribution in [3.63, 3.8) is 0 Å². The molecular weight excluding hydrogens is 242 g/mol. The summed E-state index contributed by atoms with van der Waals surface area (Å²) < 4.78 is 10.5. The highest BCUT2D eigenvalue weighted by Crippen LogP contribution is 2.09. The third-order valence-corrected chi connectivity index (χ3v) is 2.61. The first-order valence-electron chi connectivity index (χ1n) is 6.63. The Hall–Kier alpha value is -1.39. The van der Waals surface area contributed by atoms with Crippen molar-refractivity contribution in [3.05, 3.63) is 35.4 Å². The molecule has 0 aromatic heterocycles. The molecule has 19 heavy (non-hydrogen) atoms. The van der Waals surface area contributed by atoms with Gasteiger partial charge in [-0.2, -0.15) is 0 Å². The molecule has 0 amide bonds. The Morgan fingerprint density at radius 1 is 1.21 bits per heavy atom. The first-order chi connectivity index (χ1) is 9.13. The van der Waals surface area contributed by atoms with Gasteiger partial charge in [0, 0.05) is 13.2 Å². The van der Waals surface area contributed by atoms with Crippen molar-refractivity contribution in [2.24, 2.45) is 11.7 Å². The van der Waals surface area contributed by atoms with Crippen LogP contribution >= 0.6 is 0 Å². The van der Waals surface area contributed by atoms with E-state index in [0.29, 0.717) is 32.3 Å². The SMILES string of the molecule is CC(C)COCCOC(=O)Cc1ccccc1CN. The molecule has 1 rings (SSSR count). The van der Waals surface area contributed by atoms with E-state index in [1.54, 1.807) is 0 Å². The zero-order chi connectivity index (χ0) is 14.1. The third-order valence-electron chi connectivity index (χ3n) is 2.61. The van der Waals surface area contributed by atoms with Gasteiger partial charge in [-0.15, -0.1) is 0 Å². The fourth-order valence-electron chi connectivity index (χ4n) is 1.67. The van der Waals surface area contributed by atoms with Gasteiger partial charge < -0.3 is 15.2 Å². The van der Waals surface area contributed by atoms with Crippen LogP contribution in [0, 0.1) is 5.92 Å². The number of carbonyl (C=O) groups is 1. The first-order valence-corrected chi connectivity index (χ1v) is 6.63. The molecule has 1 aromatic rings. The molecule has 2 N–H and O–H groups in total. The van der Waals surface area contributed by atoms with Crippen LogP contribution in [0.3, 0.4) is 0 Å². The highest BCUT2D eigenvalue weighted by atomic mass is 16.6. The van der Waals surface area contributed by atoms with Crippen molar-refractivity contribution in [1.82, 2.24) is 0 Å². The van der Waals surface area contributed by atoms with Gasteiger partial charge in [0.05, 0.1) is 13.0 Å². The van der Waals surface area contributed by atoms with Crippen molar-refractivity contribution in [1.29, 1.82) is 0 Å². The molecule has 0 spiro atoms. The van der Waals surface area contributed by atoms with Crippen molar-refractivity contribution in [3.8, 4) is 0 Å². The van der Waals surface area contributed by atoms with E-state index in [2.05, 4.69) is 13.8 Å². The second kappa shape index (κ2) is 8.67. The molecule has 0 bridgehead atoms. The topological polar surface area (TPSA) is 61.5 Å². The molecule has 0 radical (unpaired) electrons. The molecule has 0 unspecified atom stereocenters. The van der Waals surface area contributed by atoms with Gasteiger partial charge in [-0.25, -0.2) is 0 Å². The number of carbonyl (C=O) groups excluding carboxylic acids is 1. The Balaban J connectivity index is 2.27. The quantitative estimate of drug-likeness (QED) is 0.576. The van der Waals surface area contributed by atoms with E-state index in [1.807, 2.05) is 24.3 Å². The van der Waals surface area contributed by atoms with Gasteiger partial charge in [-0.1, -0.05) is 38.1 Å². The highest BCUT2D eigenvalue weighted by Gasteiger charge is 2.08. The zero-order valence-corrected chi connectivity index (χ0v) is 11.7. The smallest absolute Gasteiger partial charge is 0.310 e. The average Bonchev–Trinajstić information content (AvgIpc) is 2.38. The maximum Gasteiger partial charge on any atom is 0.310 e. The van der Waals surface area contributed by atoms with Gasteiger partial charge in [0.2, 0.25) is 0 Å². The zero-order valence-electron chi connectivity index (χ0n) is 11.7. The minimum Gasteiger partial charge on any atom is -0.463 e. The van der Waals surface area contributed by atoms with Gasteiger partial charge in [0.15, 0.2) is 0 Å². The molecule has 4 heteroatoms. The summed E-state index contributed by atoms with van der Waals surface area (Å²) in [7, 11) is 0. The van der Waals surface area contributed by atoms with Gasteiger partial charge in [0.1, 0.15) is 6.61 Å². The van der Waals surface area contributed by atoms with E-state index in [0.717, 1.165) is 11.1 Å². The van der Waals surface area contributed by atoms with E-state index in [9.17, 15) is 4.79 Å². The van der Waals surface area contributed by atoms with E-state index in [-0.39, 0.29) is 12.4 Å². The van der Waals surface area contributed by atoms with Gasteiger partial charge >= 0.3 is 5.97 Å². The Kier molecular flexibility index (Phi) is 7.15. The molecule has 1 aromatic carbocycles. The van der Waals surface area contributed by atoms with Crippen molar-refractivity contribution < 1.29 is 14.3 Å². The average molecular weight is 265 g/mol. The van der Waals surface area contributed by atoms with Crippen LogP contribution in [0.5, 0.6) is 0 Å². The molecule has 0 aliphatic carbocycles. The largest absolute Gasteiger partial charge is 0.463 e. The Bertz CT molecular complexity index is 391. The number of esters is 1.